The van der Waals surface area contributed by atoms with E-state index >= 15 is 0 Å². The fourth-order valence-electron chi connectivity index (χ4n) is 6.35. The Morgan fingerprint density at radius 1 is 0.967 bits per heavy atom. The lowest BCUT2D eigenvalue weighted by molar-refractivity contribution is -0.0448. The summed E-state index contributed by atoms with van der Waals surface area (Å²) in [5, 5.41) is 6.54. The fraction of sp³-hybridized carbons (Fsp3) is 0.478. The van der Waals surface area contributed by atoms with Crippen molar-refractivity contribution in [3.8, 4) is 0 Å². The lowest BCUT2D eigenvalue weighted by Crippen LogP contribution is -2.69. The van der Waals surface area contributed by atoms with Crippen LogP contribution < -0.4 is 10.6 Å². The molecule has 1 aromatic heterocycles. The van der Waals surface area contributed by atoms with E-state index in [9.17, 15) is 14.0 Å². The molecule has 156 valence electrons. The van der Waals surface area contributed by atoms with Gasteiger partial charge in [0.15, 0.2) is 0 Å². The fourth-order valence-corrected chi connectivity index (χ4v) is 6.35. The summed E-state index contributed by atoms with van der Waals surface area (Å²) in [7, 11) is 0. The Kier molecular flexibility index (Phi) is 4.38. The van der Waals surface area contributed by atoms with Crippen molar-refractivity contribution in [2.75, 3.05) is 0 Å². The maximum atomic E-state index is 13.2. The molecule has 0 spiro atoms. The third kappa shape index (κ3) is 3.46. The molecule has 2 N–H and O–H groups in total. The summed E-state index contributed by atoms with van der Waals surface area (Å²) in [6.45, 7) is 1.81. The number of nitrogens with one attached hydrogen (secondary N) is 2. The van der Waals surface area contributed by atoms with E-state index in [-0.39, 0.29) is 28.7 Å². The molecular formula is C23H25FN4O2. The van der Waals surface area contributed by atoms with Crippen LogP contribution in [0.1, 0.15) is 65.1 Å². The lowest BCUT2D eigenvalue weighted by atomic mass is 9.49. The van der Waals surface area contributed by atoms with E-state index in [2.05, 4.69) is 20.6 Å². The van der Waals surface area contributed by atoms with Crippen LogP contribution in [-0.2, 0) is 0 Å². The molecule has 0 aliphatic heterocycles. The number of carbonyl (C=O) groups is 2. The van der Waals surface area contributed by atoms with Crippen LogP contribution in [0.2, 0.25) is 0 Å². The number of halogens is 1. The number of carbonyl (C=O) groups excluding carboxylic acids is 2. The Labute approximate surface area is 174 Å². The van der Waals surface area contributed by atoms with Gasteiger partial charge in [-0.25, -0.2) is 9.37 Å². The van der Waals surface area contributed by atoms with Gasteiger partial charge in [0.2, 0.25) is 0 Å². The smallest absolute Gasteiger partial charge is 0.271 e. The van der Waals surface area contributed by atoms with Gasteiger partial charge in [0.05, 0.1) is 11.9 Å². The molecule has 0 saturated heterocycles. The molecule has 2 aromatic rings. The molecule has 6 rings (SSSR count). The third-order valence-corrected chi connectivity index (χ3v) is 6.91. The first kappa shape index (κ1) is 19.2. The zero-order valence-electron chi connectivity index (χ0n) is 17.0. The largest absolute Gasteiger partial charge is 0.346 e. The normalized spacial score (nSPS) is 31.4. The van der Waals surface area contributed by atoms with Gasteiger partial charge < -0.3 is 10.6 Å². The SMILES string of the molecule is Cc1cncc(C(=O)NC23CC4CC(CC(NC(=O)c5ccc(F)cc5)(C4)C2)C3)n1. The highest BCUT2D eigenvalue weighted by Crippen LogP contribution is 2.57. The predicted octanol–water partition coefficient (Wildman–Crippen LogP) is 3.18. The number of benzene rings is 1. The Balaban J connectivity index is 1.37. The highest BCUT2D eigenvalue weighted by Gasteiger charge is 2.58. The van der Waals surface area contributed by atoms with Crippen LogP contribution in [0.5, 0.6) is 0 Å². The van der Waals surface area contributed by atoms with E-state index < -0.39 is 0 Å². The van der Waals surface area contributed by atoms with E-state index in [1.807, 2.05) is 6.92 Å². The molecule has 1 heterocycles. The topological polar surface area (TPSA) is 84.0 Å². The summed E-state index contributed by atoms with van der Waals surface area (Å²) in [5.41, 5.74) is 0.829. The molecule has 4 aliphatic rings. The van der Waals surface area contributed by atoms with Crippen molar-refractivity contribution in [3.05, 3.63) is 59.4 Å². The number of aromatic nitrogens is 2. The van der Waals surface area contributed by atoms with Crippen molar-refractivity contribution < 1.29 is 14.0 Å². The molecule has 7 heteroatoms. The second-order valence-electron chi connectivity index (χ2n) is 9.48. The number of hydrogen-bond acceptors (Lipinski definition) is 4. The molecule has 4 aliphatic carbocycles. The number of aryl methyl sites for hydroxylation is 1. The van der Waals surface area contributed by atoms with Gasteiger partial charge in [-0.1, -0.05) is 0 Å². The van der Waals surface area contributed by atoms with Gasteiger partial charge in [-0.3, -0.25) is 14.6 Å². The Bertz CT molecular complexity index is 993. The van der Waals surface area contributed by atoms with Crippen molar-refractivity contribution in [2.24, 2.45) is 11.8 Å². The highest BCUT2D eigenvalue weighted by molar-refractivity contribution is 5.95. The van der Waals surface area contributed by atoms with Gasteiger partial charge in [0.1, 0.15) is 11.5 Å². The minimum Gasteiger partial charge on any atom is -0.346 e. The summed E-state index contributed by atoms with van der Waals surface area (Å²) >= 11 is 0. The van der Waals surface area contributed by atoms with Crippen LogP contribution in [0.15, 0.2) is 36.7 Å². The standard InChI is InChI=1S/C23H25FN4O2/c1-14-11-25-12-19(26-14)21(30)28-23-9-15-6-16(10-23)8-22(7-15,13-23)27-20(29)17-2-4-18(24)5-3-17/h2-5,11-12,15-16H,6-10,13H2,1H3,(H,27,29)(H,28,30). The number of hydrogen-bond donors (Lipinski definition) is 2. The lowest BCUT2D eigenvalue weighted by Gasteiger charge is -2.62. The van der Waals surface area contributed by atoms with Gasteiger partial charge in [0, 0.05) is 22.8 Å². The number of nitrogens with zero attached hydrogens (tertiary/aromatic N) is 2. The first-order chi connectivity index (χ1) is 14.3. The van der Waals surface area contributed by atoms with Gasteiger partial charge in [-0.2, -0.15) is 0 Å². The minimum absolute atomic E-state index is 0.178. The second kappa shape index (κ2) is 6.86. The van der Waals surface area contributed by atoms with Gasteiger partial charge in [-0.15, -0.1) is 0 Å². The average molecular weight is 408 g/mol. The maximum absolute atomic E-state index is 13.2. The molecule has 1 aromatic carbocycles. The quantitative estimate of drug-likeness (QED) is 0.814. The summed E-state index contributed by atoms with van der Waals surface area (Å²) in [4.78, 5) is 34.2. The van der Waals surface area contributed by atoms with Crippen molar-refractivity contribution in [1.29, 1.82) is 0 Å². The first-order valence-electron chi connectivity index (χ1n) is 10.5. The summed E-state index contributed by atoms with van der Waals surface area (Å²) in [6, 6.07) is 5.64. The van der Waals surface area contributed by atoms with E-state index in [0.717, 1.165) is 32.1 Å². The van der Waals surface area contributed by atoms with Crippen LogP contribution in [0.4, 0.5) is 4.39 Å². The van der Waals surface area contributed by atoms with Crippen molar-refractivity contribution in [1.82, 2.24) is 20.6 Å². The maximum Gasteiger partial charge on any atom is 0.271 e. The summed E-state index contributed by atoms with van der Waals surface area (Å²) in [5.74, 6) is 0.214. The summed E-state index contributed by atoms with van der Waals surface area (Å²) < 4.78 is 13.2. The van der Waals surface area contributed by atoms with Crippen molar-refractivity contribution in [2.45, 2.75) is 56.5 Å². The average Bonchev–Trinajstić information content (AvgIpc) is 2.66. The number of amides is 2. The Hall–Kier alpha value is -2.83. The molecular weight excluding hydrogens is 383 g/mol. The molecule has 6 nitrogen and oxygen atoms in total. The monoisotopic (exact) mass is 408 g/mol. The van der Waals surface area contributed by atoms with Crippen LogP contribution in [-0.4, -0.2) is 32.9 Å². The minimum atomic E-state index is -0.359. The Morgan fingerprint density at radius 3 is 2.17 bits per heavy atom. The Morgan fingerprint density at radius 2 is 1.57 bits per heavy atom. The van der Waals surface area contributed by atoms with E-state index in [1.54, 1.807) is 6.20 Å². The van der Waals surface area contributed by atoms with E-state index in [1.165, 1.54) is 30.5 Å². The van der Waals surface area contributed by atoms with Crippen LogP contribution in [0.3, 0.4) is 0 Å². The van der Waals surface area contributed by atoms with Gasteiger partial charge in [0.25, 0.3) is 11.8 Å². The first-order valence-corrected chi connectivity index (χ1v) is 10.5. The molecule has 2 unspecified atom stereocenters. The van der Waals surface area contributed by atoms with Crippen LogP contribution in [0.25, 0.3) is 0 Å². The van der Waals surface area contributed by atoms with E-state index in [4.69, 9.17) is 0 Å². The second-order valence-corrected chi connectivity index (χ2v) is 9.48. The molecule has 4 fully saturated rings. The van der Waals surface area contributed by atoms with E-state index in [0.29, 0.717) is 35.2 Å². The number of rotatable bonds is 4. The zero-order chi connectivity index (χ0) is 20.9. The highest BCUT2D eigenvalue weighted by atomic mass is 19.1. The van der Waals surface area contributed by atoms with Crippen LogP contribution in [0, 0.1) is 24.6 Å². The molecule has 4 bridgehead atoms. The van der Waals surface area contributed by atoms with Crippen LogP contribution >= 0.6 is 0 Å². The van der Waals surface area contributed by atoms with Gasteiger partial charge >= 0.3 is 0 Å². The zero-order valence-corrected chi connectivity index (χ0v) is 17.0. The third-order valence-electron chi connectivity index (χ3n) is 6.91. The molecule has 2 amide bonds. The molecule has 30 heavy (non-hydrogen) atoms. The predicted molar refractivity (Wildman–Crippen MR) is 108 cm³/mol. The van der Waals surface area contributed by atoms with Gasteiger partial charge in [-0.05, 0) is 81.5 Å². The molecule has 2 atom stereocenters. The summed E-state index contributed by atoms with van der Waals surface area (Å²) in [6.07, 6.45) is 8.71. The molecule has 4 saturated carbocycles. The van der Waals surface area contributed by atoms with Crippen molar-refractivity contribution >= 4 is 11.8 Å². The molecule has 0 radical (unpaired) electrons. The van der Waals surface area contributed by atoms with Crippen molar-refractivity contribution in [3.63, 3.8) is 0 Å².